The Labute approximate surface area is 307 Å². The van der Waals surface area contributed by atoms with E-state index in [2.05, 4.69) is 60.1 Å². The number of hydrogen-bond donors (Lipinski definition) is 2. The molecular formula is C43H69N5O2. The number of carbonyl (C=O) groups excluding carboxylic acids is 2. The number of hydrogen-bond acceptors (Lipinski definition) is 6. The van der Waals surface area contributed by atoms with E-state index < -0.39 is 0 Å². The smallest absolute Gasteiger partial charge is 0.272 e. The number of carbonyl (C=O) groups is 2. The second kappa shape index (κ2) is 31.6. The van der Waals surface area contributed by atoms with Crippen LogP contribution in [-0.2, 0) is 4.79 Å². The van der Waals surface area contributed by atoms with Gasteiger partial charge in [-0.25, -0.2) is 9.97 Å². The third kappa shape index (κ3) is 20.0. The molecule has 1 unspecified atom stereocenters. The standard InChI is InChI=1S/C19H24N4O.C16H25NO.3C2H6.C2H2/c1-6-16(15-9-7-14(8-10-15)13(2)3)22-19(24)18-17(23(4)5)11-20-12-21-18;1-8-15(16(9-2)17-11(3)4)13(6)10-12(5)14(7)18;4*1-2/h7-12,16H,2,6H2,1,3-5H3,(H,22,24);8,10,16-17H,1,3,9H2,2,4-7H3;3*1-2H3;1-2H/b;12-10+,15-13+;;;;/t16-;;;;;/m0...../s1. The Morgan fingerprint density at radius 1 is 0.880 bits per heavy atom. The van der Waals surface area contributed by atoms with Gasteiger partial charge in [-0.05, 0) is 75.3 Å². The molecule has 278 valence electrons. The maximum atomic E-state index is 12.6. The normalized spacial score (nSPS) is 11.3. The number of ketones is 1. The van der Waals surface area contributed by atoms with Crippen molar-refractivity contribution in [3.05, 3.63) is 108 Å². The fourth-order valence-corrected chi connectivity index (χ4v) is 4.26. The van der Waals surface area contributed by atoms with Gasteiger partial charge in [0.15, 0.2) is 11.5 Å². The van der Waals surface area contributed by atoms with Crippen molar-refractivity contribution >= 4 is 23.0 Å². The Balaban J connectivity index is -0.000000363. The van der Waals surface area contributed by atoms with Crippen LogP contribution in [0.3, 0.4) is 0 Å². The summed E-state index contributed by atoms with van der Waals surface area (Å²) < 4.78 is 0. The second-order valence-electron chi connectivity index (χ2n) is 10.6. The summed E-state index contributed by atoms with van der Waals surface area (Å²) in [6.45, 7) is 37.2. The maximum Gasteiger partial charge on any atom is 0.272 e. The number of allylic oxidation sites excluding steroid dienone is 5. The van der Waals surface area contributed by atoms with Crippen LogP contribution in [0.1, 0.15) is 131 Å². The largest absolute Gasteiger partial charge is 0.382 e. The lowest BCUT2D eigenvalue weighted by molar-refractivity contribution is -0.113. The van der Waals surface area contributed by atoms with Crippen LogP contribution in [0.2, 0.25) is 0 Å². The molecule has 0 aliphatic heterocycles. The number of Topliss-reactive ketones (excluding diaryl/α,β-unsaturated/α-hetero) is 1. The Morgan fingerprint density at radius 3 is 1.78 bits per heavy atom. The van der Waals surface area contributed by atoms with Gasteiger partial charge in [0.25, 0.3) is 5.91 Å². The van der Waals surface area contributed by atoms with Gasteiger partial charge in [-0.15, -0.1) is 12.8 Å². The number of aromatic nitrogens is 2. The third-order valence-corrected chi connectivity index (χ3v) is 6.78. The molecule has 7 nitrogen and oxygen atoms in total. The third-order valence-electron chi connectivity index (χ3n) is 6.78. The number of benzene rings is 1. The van der Waals surface area contributed by atoms with Crippen molar-refractivity contribution < 1.29 is 9.59 Å². The molecule has 1 heterocycles. The van der Waals surface area contributed by atoms with Crippen LogP contribution in [-0.4, -0.2) is 41.8 Å². The second-order valence-corrected chi connectivity index (χ2v) is 10.6. The predicted molar refractivity (Wildman–Crippen MR) is 221 cm³/mol. The van der Waals surface area contributed by atoms with Crippen molar-refractivity contribution in [2.24, 2.45) is 0 Å². The summed E-state index contributed by atoms with van der Waals surface area (Å²) in [5.74, 6) is -0.101. The van der Waals surface area contributed by atoms with E-state index in [-0.39, 0.29) is 23.8 Å². The van der Waals surface area contributed by atoms with E-state index in [1.807, 2.05) is 132 Å². The molecule has 0 saturated heterocycles. The zero-order valence-electron chi connectivity index (χ0n) is 34.1. The Kier molecular flexibility index (Phi) is 32.9. The van der Waals surface area contributed by atoms with Gasteiger partial charge >= 0.3 is 0 Å². The minimum absolute atomic E-state index is 0.0679. The molecule has 1 aromatic heterocycles. The van der Waals surface area contributed by atoms with E-state index in [1.165, 1.54) is 6.33 Å². The quantitative estimate of drug-likeness (QED) is 0.124. The molecule has 2 atom stereocenters. The lowest BCUT2D eigenvalue weighted by Gasteiger charge is -2.21. The number of anilines is 1. The number of amides is 1. The van der Waals surface area contributed by atoms with Crippen LogP contribution in [0.4, 0.5) is 5.69 Å². The summed E-state index contributed by atoms with van der Waals surface area (Å²) in [6, 6.07) is 8.25. The number of rotatable bonds is 13. The molecule has 2 rings (SSSR count). The average Bonchev–Trinajstić information content (AvgIpc) is 3.13. The molecule has 2 aromatic rings. The van der Waals surface area contributed by atoms with Gasteiger partial charge in [0.2, 0.25) is 0 Å². The number of nitrogens with one attached hydrogen (secondary N) is 2. The fraction of sp³-hybridized carbons (Fsp3) is 0.442. The monoisotopic (exact) mass is 688 g/mol. The zero-order chi connectivity index (χ0) is 40.0. The molecule has 0 radical (unpaired) electrons. The highest BCUT2D eigenvalue weighted by Gasteiger charge is 2.19. The molecule has 1 aromatic carbocycles. The van der Waals surface area contributed by atoms with E-state index in [1.54, 1.807) is 13.1 Å². The van der Waals surface area contributed by atoms with Crippen molar-refractivity contribution in [3.8, 4) is 12.8 Å². The Hall–Kier alpha value is -4.70. The number of terminal acetylenes is 1. The zero-order valence-corrected chi connectivity index (χ0v) is 34.1. The van der Waals surface area contributed by atoms with Crippen molar-refractivity contribution in [2.75, 3.05) is 19.0 Å². The fourth-order valence-electron chi connectivity index (χ4n) is 4.26. The minimum atomic E-state index is -0.197. The minimum Gasteiger partial charge on any atom is -0.382 e. The van der Waals surface area contributed by atoms with Gasteiger partial charge in [-0.2, -0.15) is 0 Å². The van der Waals surface area contributed by atoms with Crippen LogP contribution in [0, 0.1) is 12.8 Å². The van der Waals surface area contributed by atoms with Gasteiger partial charge in [-0.1, -0.05) is 117 Å². The van der Waals surface area contributed by atoms with Crippen LogP contribution in [0.25, 0.3) is 5.57 Å². The molecule has 0 fully saturated rings. The van der Waals surface area contributed by atoms with Gasteiger partial charge in [-0.3, -0.25) is 9.59 Å². The number of nitrogens with zero attached hydrogens (tertiary/aromatic N) is 3. The molecule has 50 heavy (non-hydrogen) atoms. The first kappa shape index (κ1) is 52.1. The summed E-state index contributed by atoms with van der Waals surface area (Å²) >= 11 is 0. The first-order valence-electron chi connectivity index (χ1n) is 17.6. The summed E-state index contributed by atoms with van der Waals surface area (Å²) in [5.41, 5.74) is 8.14. The molecule has 0 spiro atoms. The lowest BCUT2D eigenvalue weighted by atomic mass is 9.97. The van der Waals surface area contributed by atoms with Gasteiger partial charge in [0.05, 0.1) is 24.0 Å². The highest BCUT2D eigenvalue weighted by Crippen LogP contribution is 2.22. The van der Waals surface area contributed by atoms with Gasteiger partial charge < -0.3 is 15.5 Å². The topological polar surface area (TPSA) is 87.2 Å². The summed E-state index contributed by atoms with van der Waals surface area (Å²) in [6.07, 6.45) is 16.5. The summed E-state index contributed by atoms with van der Waals surface area (Å²) in [5, 5.41) is 6.39. The molecule has 1 amide bonds. The average molecular weight is 688 g/mol. The first-order chi connectivity index (χ1) is 23.8. The van der Waals surface area contributed by atoms with E-state index in [0.717, 1.165) is 52.0 Å². The SMILES string of the molecule is C#C.C=C(C)c1ccc([C@H](CC)NC(=O)c2ncncc2N(C)C)cc1.C=C/C(=C(C)\C=C(/C)C(C)=O)C(CC)NC(=C)C.CC.CC.CC. The van der Waals surface area contributed by atoms with Crippen LogP contribution in [0.15, 0.2) is 91.1 Å². The lowest BCUT2D eigenvalue weighted by Crippen LogP contribution is -2.30. The highest BCUT2D eigenvalue weighted by molar-refractivity contribution is 5.97. The van der Waals surface area contributed by atoms with Crippen LogP contribution < -0.4 is 15.5 Å². The van der Waals surface area contributed by atoms with E-state index in [0.29, 0.717) is 11.4 Å². The van der Waals surface area contributed by atoms with Crippen LogP contribution in [0.5, 0.6) is 0 Å². The van der Waals surface area contributed by atoms with Crippen molar-refractivity contribution in [1.29, 1.82) is 0 Å². The Bertz CT molecular complexity index is 1370. The van der Waals surface area contributed by atoms with Crippen molar-refractivity contribution in [3.63, 3.8) is 0 Å². The van der Waals surface area contributed by atoms with Crippen molar-refractivity contribution in [2.45, 2.75) is 115 Å². The summed E-state index contributed by atoms with van der Waals surface area (Å²) in [4.78, 5) is 33.9. The van der Waals surface area contributed by atoms with E-state index in [9.17, 15) is 9.59 Å². The first-order valence-corrected chi connectivity index (χ1v) is 17.6. The predicted octanol–water partition coefficient (Wildman–Crippen LogP) is 10.7. The summed E-state index contributed by atoms with van der Waals surface area (Å²) in [7, 11) is 3.73. The molecule has 2 N–H and O–H groups in total. The maximum absolute atomic E-state index is 12.6. The van der Waals surface area contributed by atoms with Crippen molar-refractivity contribution in [1.82, 2.24) is 20.6 Å². The highest BCUT2D eigenvalue weighted by atomic mass is 16.2. The molecule has 0 aliphatic carbocycles. The van der Waals surface area contributed by atoms with Crippen LogP contribution >= 0.6 is 0 Å². The Morgan fingerprint density at radius 2 is 1.40 bits per heavy atom. The van der Waals surface area contributed by atoms with Gasteiger partial charge in [0.1, 0.15) is 6.33 Å². The molecule has 7 heteroatoms. The van der Waals surface area contributed by atoms with Gasteiger partial charge in [0, 0.05) is 19.8 Å². The molecule has 0 saturated carbocycles. The van der Waals surface area contributed by atoms with E-state index >= 15 is 0 Å². The van der Waals surface area contributed by atoms with E-state index in [4.69, 9.17) is 0 Å². The molecule has 0 aliphatic rings. The molecular weight excluding hydrogens is 619 g/mol. The molecule has 0 bridgehead atoms.